The molecular weight excluding hydrogens is 350 g/mol. The van der Waals surface area contributed by atoms with E-state index >= 15 is 0 Å². The van der Waals surface area contributed by atoms with Gasteiger partial charge in [-0.3, -0.25) is 4.79 Å². The molecule has 0 aliphatic heterocycles. The molecule has 0 heterocycles. The minimum atomic E-state index is -0.416. The number of aldehydes is 1. The highest BCUT2D eigenvalue weighted by molar-refractivity contribution is 9.10. The molecule has 0 saturated carbocycles. The smallest absolute Gasteiger partial charge is 0.153 e. The summed E-state index contributed by atoms with van der Waals surface area (Å²) in [6.45, 7) is 8.10. The largest absolute Gasteiger partial charge is 0.496 e. The molecule has 6 heteroatoms. The first-order chi connectivity index (χ1) is 10.4. The van der Waals surface area contributed by atoms with Crippen molar-refractivity contribution in [2.24, 2.45) is 5.92 Å². The van der Waals surface area contributed by atoms with Gasteiger partial charge in [-0.1, -0.05) is 13.8 Å². The second kappa shape index (κ2) is 8.50. The number of aliphatic hydroxyl groups excluding tert-OH is 1. The number of rotatable bonds is 8. The van der Waals surface area contributed by atoms with Crippen molar-refractivity contribution in [2.75, 3.05) is 20.8 Å². The fourth-order valence-electron chi connectivity index (χ4n) is 2.29. The van der Waals surface area contributed by atoms with Crippen LogP contribution < -0.4 is 14.8 Å². The fourth-order valence-corrected chi connectivity index (χ4v) is 2.91. The van der Waals surface area contributed by atoms with Crippen molar-refractivity contribution in [3.8, 4) is 11.5 Å². The molecule has 1 radical (unpaired) electrons. The summed E-state index contributed by atoms with van der Waals surface area (Å²) in [7, 11) is 3.04. The highest BCUT2D eigenvalue weighted by atomic mass is 79.9. The van der Waals surface area contributed by atoms with Gasteiger partial charge in [-0.05, 0) is 34.8 Å². The average molecular weight is 373 g/mol. The summed E-state index contributed by atoms with van der Waals surface area (Å²) >= 11 is 3.40. The van der Waals surface area contributed by atoms with E-state index in [9.17, 15) is 9.90 Å². The summed E-state index contributed by atoms with van der Waals surface area (Å²) in [4.78, 5) is 11.3. The van der Waals surface area contributed by atoms with Gasteiger partial charge in [0, 0.05) is 12.1 Å². The zero-order valence-electron chi connectivity index (χ0n) is 13.4. The van der Waals surface area contributed by atoms with Crippen molar-refractivity contribution in [1.82, 2.24) is 5.32 Å². The van der Waals surface area contributed by atoms with Crippen LogP contribution in [0.15, 0.2) is 10.5 Å². The van der Waals surface area contributed by atoms with Crippen LogP contribution in [-0.4, -0.2) is 38.3 Å². The van der Waals surface area contributed by atoms with E-state index in [4.69, 9.17) is 9.47 Å². The van der Waals surface area contributed by atoms with Gasteiger partial charge in [-0.25, -0.2) is 0 Å². The maximum atomic E-state index is 11.3. The van der Waals surface area contributed by atoms with Crippen LogP contribution in [0.5, 0.6) is 11.5 Å². The molecule has 22 heavy (non-hydrogen) atoms. The Hall–Kier alpha value is -1.11. The number of carbonyl (C=O) groups excluding carboxylic acids is 1. The van der Waals surface area contributed by atoms with Gasteiger partial charge < -0.3 is 19.9 Å². The average Bonchev–Trinajstić information content (AvgIpc) is 2.50. The highest BCUT2D eigenvalue weighted by Crippen LogP contribution is 2.41. The predicted octanol–water partition coefficient (Wildman–Crippen LogP) is 2.76. The number of aliphatic hydroxyl groups is 1. The van der Waals surface area contributed by atoms with Gasteiger partial charge >= 0.3 is 0 Å². The van der Waals surface area contributed by atoms with Crippen molar-refractivity contribution in [2.45, 2.75) is 25.9 Å². The fraction of sp³-hybridized carbons (Fsp3) is 0.500. The molecule has 0 spiro atoms. The van der Waals surface area contributed by atoms with Gasteiger partial charge in [0.05, 0.1) is 36.4 Å². The summed E-state index contributed by atoms with van der Waals surface area (Å²) in [6, 6.07) is 1.10. The van der Waals surface area contributed by atoms with E-state index < -0.39 is 6.04 Å². The van der Waals surface area contributed by atoms with E-state index in [0.717, 1.165) is 6.29 Å². The molecule has 0 amide bonds. The van der Waals surface area contributed by atoms with E-state index in [-0.39, 0.29) is 18.6 Å². The molecular formula is C16H23BrNO4. The Labute approximate surface area is 140 Å². The quantitative estimate of drug-likeness (QED) is 0.686. The molecule has 1 unspecified atom stereocenters. The Morgan fingerprint density at radius 2 is 1.95 bits per heavy atom. The second-order valence-corrected chi connectivity index (χ2v) is 6.15. The minimum absolute atomic E-state index is 0.0111. The van der Waals surface area contributed by atoms with Gasteiger partial charge in [-0.15, -0.1) is 0 Å². The maximum Gasteiger partial charge on any atom is 0.153 e. The molecule has 0 aromatic heterocycles. The molecule has 0 aliphatic carbocycles. The van der Waals surface area contributed by atoms with Gasteiger partial charge in [0.25, 0.3) is 0 Å². The Morgan fingerprint density at radius 3 is 2.36 bits per heavy atom. The Morgan fingerprint density at radius 1 is 1.36 bits per heavy atom. The lowest BCUT2D eigenvalue weighted by Crippen LogP contribution is -2.39. The number of hydrogen-bond acceptors (Lipinski definition) is 5. The molecule has 0 aliphatic rings. The minimum Gasteiger partial charge on any atom is -0.496 e. The van der Waals surface area contributed by atoms with Crippen molar-refractivity contribution >= 4 is 22.2 Å². The first kappa shape index (κ1) is 18.9. The molecule has 1 aromatic rings. The van der Waals surface area contributed by atoms with Crippen LogP contribution in [0.2, 0.25) is 0 Å². The van der Waals surface area contributed by atoms with Crippen LogP contribution in [0.25, 0.3) is 0 Å². The van der Waals surface area contributed by atoms with Crippen LogP contribution in [-0.2, 0) is 0 Å². The third kappa shape index (κ3) is 4.00. The van der Waals surface area contributed by atoms with E-state index in [0.29, 0.717) is 27.1 Å². The highest BCUT2D eigenvalue weighted by Gasteiger charge is 2.25. The first-order valence-corrected chi connectivity index (χ1v) is 7.80. The number of carbonyl (C=O) groups is 1. The number of methoxy groups -OCH3 is 2. The lowest BCUT2D eigenvalue weighted by atomic mass is 9.98. The lowest BCUT2D eigenvalue weighted by molar-refractivity contribution is 0.112. The number of halogens is 1. The SMILES string of the molecule is [CH2]C(N[C@H](CO)C(C)C)c1c(OC)c(Br)cc(C=O)c1OC. The molecule has 1 aromatic carbocycles. The number of benzene rings is 1. The van der Waals surface area contributed by atoms with Crippen LogP contribution in [0.3, 0.4) is 0 Å². The van der Waals surface area contributed by atoms with Crippen LogP contribution >= 0.6 is 15.9 Å². The summed E-state index contributed by atoms with van der Waals surface area (Å²) < 4.78 is 11.5. The van der Waals surface area contributed by atoms with Gasteiger partial charge in [0.15, 0.2) is 6.29 Å². The topological polar surface area (TPSA) is 67.8 Å². The zero-order chi connectivity index (χ0) is 16.9. The Balaban J connectivity index is 3.36. The van der Waals surface area contributed by atoms with Crippen LogP contribution in [0.4, 0.5) is 0 Å². The van der Waals surface area contributed by atoms with Crippen molar-refractivity contribution in [3.63, 3.8) is 0 Å². The van der Waals surface area contributed by atoms with Gasteiger partial charge in [0.1, 0.15) is 11.5 Å². The summed E-state index contributed by atoms with van der Waals surface area (Å²) in [5.41, 5.74) is 1.05. The van der Waals surface area contributed by atoms with Gasteiger partial charge in [0.2, 0.25) is 0 Å². The molecule has 123 valence electrons. The molecule has 0 fully saturated rings. The van der Waals surface area contributed by atoms with Gasteiger partial charge in [-0.2, -0.15) is 0 Å². The monoisotopic (exact) mass is 372 g/mol. The van der Waals surface area contributed by atoms with Crippen LogP contribution in [0, 0.1) is 12.8 Å². The van der Waals surface area contributed by atoms with E-state index in [1.54, 1.807) is 13.2 Å². The molecule has 0 bridgehead atoms. The second-order valence-electron chi connectivity index (χ2n) is 5.30. The maximum absolute atomic E-state index is 11.3. The number of ether oxygens (including phenoxy) is 2. The van der Waals surface area contributed by atoms with E-state index in [1.807, 2.05) is 13.8 Å². The molecule has 5 nitrogen and oxygen atoms in total. The Kier molecular flexibility index (Phi) is 7.32. The van der Waals surface area contributed by atoms with Crippen molar-refractivity contribution < 1.29 is 19.4 Å². The number of nitrogens with one attached hydrogen (secondary N) is 1. The number of hydrogen-bond donors (Lipinski definition) is 2. The lowest BCUT2D eigenvalue weighted by Gasteiger charge is -2.27. The third-order valence-corrected chi connectivity index (χ3v) is 4.14. The zero-order valence-corrected chi connectivity index (χ0v) is 14.9. The normalized spacial score (nSPS) is 13.8. The summed E-state index contributed by atoms with van der Waals surface area (Å²) in [5, 5.41) is 12.7. The molecule has 1 rings (SSSR count). The van der Waals surface area contributed by atoms with Crippen molar-refractivity contribution in [1.29, 1.82) is 0 Å². The molecule has 0 saturated heterocycles. The Bertz CT molecular complexity index is 519. The van der Waals surface area contributed by atoms with Crippen LogP contribution in [0.1, 0.15) is 35.8 Å². The summed E-state index contributed by atoms with van der Waals surface area (Å²) in [5.74, 6) is 1.20. The first-order valence-electron chi connectivity index (χ1n) is 7.00. The van der Waals surface area contributed by atoms with Crippen molar-refractivity contribution in [3.05, 3.63) is 28.6 Å². The molecule has 2 N–H and O–H groups in total. The standard InChI is InChI=1S/C16H23BrNO4/c1-9(2)13(8-20)18-10(3)14-15(21-4)11(7-19)6-12(17)16(14)22-5/h6-7,9-10,13,18,20H,3,8H2,1-2,4-5H3/t10?,13-/m1/s1. The third-order valence-electron chi connectivity index (χ3n) is 3.55. The van der Waals surface area contributed by atoms with E-state index in [2.05, 4.69) is 28.2 Å². The summed E-state index contributed by atoms with van der Waals surface area (Å²) in [6.07, 6.45) is 0.727. The molecule has 2 atom stereocenters. The predicted molar refractivity (Wildman–Crippen MR) is 89.6 cm³/mol. The van der Waals surface area contributed by atoms with E-state index in [1.165, 1.54) is 7.11 Å².